The SMILES string of the molecule is CCCCOCC(O)COc1ccc2c(c1)C(=O)CCC2. The van der Waals surface area contributed by atoms with Crippen LogP contribution in [0.3, 0.4) is 0 Å². The number of benzene rings is 1. The number of carbonyl (C=O) groups is 1. The summed E-state index contributed by atoms with van der Waals surface area (Å²) < 4.78 is 10.9. The maximum absolute atomic E-state index is 11.9. The number of hydrogen-bond acceptors (Lipinski definition) is 4. The van der Waals surface area contributed by atoms with Crippen LogP contribution in [0.15, 0.2) is 18.2 Å². The zero-order valence-corrected chi connectivity index (χ0v) is 12.6. The van der Waals surface area contributed by atoms with Gasteiger partial charge in [-0.15, -0.1) is 0 Å². The van der Waals surface area contributed by atoms with Crippen molar-refractivity contribution in [3.05, 3.63) is 29.3 Å². The van der Waals surface area contributed by atoms with E-state index in [-0.39, 0.29) is 19.0 Å². The number of aliphatic hydroxyl groups excluding tert-OH is 1. The number of unbranched alkanes of at least 4 members (excludes halogenated alkanes) is 1. The van der Waals surface area contributed by atoms with Gasteiger partial charge >= 0.3 is 0 Å². The van der Waals surface area contributed by atoms with Crippen molar-refractivity contribution >= 4 is 5.78 Å². The van der Waals surface area contributed by atoms with E-state index in [1.807, 2.05) is 12.1 Å². The Balaban J connectivity index is 1.80. The minimum Gasteiger partial charge on any atom is -0.491 e. The van der Waals surface area contributed by atoms with E-state index in [1.54, 1.807) is 6.07 Å². The summed E-state index contributed by atoms with van der Waals surface area (Å²) in [6.45, 7) is 3.23. The Morgan fingerprint density at radius 3 is 2.95 bits per heavy atom. The number of hydrogen-bond donors (Lipinski definition) is 1. The first-order valence-electron chi connectivity index (χ1n) is 7.75. The molecule has 0 heterocycles. The average Bonchev–Trinajstić information content (AvgIpc) is 2.50. The van der Waals surface area contributed by atoms with E-state index >= 15 is 0 Å². The van der Waals surface area contributed by atoms with Crippen molar-refractivity contribution in [3.63, 3.8) is 0 Å². The van der Waals surface area contributed by atoms with Gasteiger partial charge in [-0.1, -0.05) is 19.4 Å². The highest BCUT2D eigenvalue weighted by atomic mass is 16.5. The largest absolute Gasteiger partial charge is 0.491 e. The molecule has 21 heavy (non-hydrogen) atoms. The second-order valence-corrected chi connectivity index (χ2v) is 5.49. The van der Waals surface area contributed by atoms with Crippen molar-refractivity contribution in [1.82, 2.24) is 0 Å². The third-order valence-electron chi connectivity index (χ3n) is 3.63. The van der Waals surface area contributed by atoms with Crippen LogP contribution in [0.2, 0.25) is 0 Å². The van der Waals surface area contributed by atoms with Gasteiger partial charge in [0, 0.05) is 18.6 Å². The third kappa shape index (κ3) is 4.83. The summed E-state index contributed by atoms with van der Waals surface area (Å²) in [6.07, 6.45) is 3.93. The zero-order valence-electron chi connectivity index (χ0n) is 12.6. The number of fused-ring (bicyclic) bond motifs is 1. The van der Waals surface area contributed by atoms with Gasteiger partial charge in [0.2, 0.25) is 0 Å². The van der Waals surface area contributed by atoms with Crippen LogP contribution in [0.4, 0.5) is 0 Å². The van der Waals surface area contributed by atoms with Crippen LogP contribution in [0.5, 0.6) is 5.75 Å². The lowest BCUT2D eigenvalue weighted by Crippen LogP contribution is -2.24. The van der Waals surface area contributed by atoms with Gasteiger partial charge in [0.15, 0.2) is 5.78 Å². The molecule has 0 saturated heterocycles. The molecule has 0 radical (unpaired) electrons. The zero-order chi connectivity index (χ0) is 15.1. The maximum Gasteiger partial charge on any atom is 0.163 e. The predicted molar refractivity (Wildman–Crippen MR) is 80.9 cm³/mol. The smallest absolute Gasteiger partial charge is 0.163 e. The van der Waals surface area contributed by atoms with Gasteiger partial charge in [-0.05, 0) is 37.0 Å². The molecule has 4 nitrogen and oxygen atoms in total. The minimum atomic E-state index is -0.645. The van der Waals surface area contributed by atoms with Crippen LogP contribution in [-0.4, -0.2) is 36.8 Å². The van der Waals surface area contributed by atoms with Crippen molar-refractivity contribution in [2.45, 2.75) is 45.1 Å². The van der Waals surface area contributed by atoms with Crippen molar-refractivity contribution in [3.8, 4) is 5.75 Å². The minimum absolute atomic E-state index is 0.180. The topological polar surface area (TPSA) is 55.8 Å². The average molecular weight is 292 g/mol. The molecule has 0 bridgehead atoms. The fourth-order valence-corrected chi connectivity index (χ4v) is 2.40. The van der Waals surface area contributed by atoms with Crippen LogP contribution in [0, 0.1) is 0 Å². The van der Waals surface area contributed by atoms with Crippen molar-refractivity contribution in [2.75, 3.05) is 19.8 Å². The molecule has 0 saturated carbocycles. The number of aliphatic hydroxyl groups is 1. The molecule has 1 aromatic carbocycles. The number of carbonyl (C=O) groups excluding carboxylic acids is 1. The van der Waals surface area contributed by atoms with Gasteiger partial charge in [-0.3, -0.25) is 4.79 Å². The summed E-state index contributed by atoms with van der Waals surface area (Å²) in [5.74, 6) is 0.821. The molecule has 4 heteroatoms. The first-order valence-corrected chi connectivity index (χ1v) is 7.75. The predicted octanol–water partition coefficient (Wildman–Crippen LogP) is 2.76. The molecule has 2 rings (SSSR count). The van der Waals surface area contributed by atoms with Crippen LogP contribution in [-0.2, 0) is 11.2 Å². The van der Waals surface area contributed by atoms with E-state index < -0.39 is 6.10 Å². The Bertz CT molecular complexity index is 470. The standard InChI is InChI=1S/C17H24O4/c1-2-3-9-20-11-14(18)12-21-15-8-7-13-5-4-6-17(19)16(13)10-15/h7-8,10,14,18H,2-6,9,11-12H2,1H3. The molecule has 0 aliphatic heterocycles. The number of ketones is 1. The van der Waals surface area contributed by atoms with Gasteiger partial charge in [0.25, 0.3) is 0 Å². The Hall–Kier alpha value is -1.39. The first kappa shape index (κ1) is 16.0. The molecule has 0 fully saturated rings. The molecule has 1 aromatic rings. The number of rotatable bonds is 8. The summed E-state index contributed by atoms with van der Waals surface area (Å²) in [5, 5.41) is 9.78. The normalized spacial score (nSPS) is 15.6. The first-order chi connectivity index (χ1) is 10.2. The van der Waals surface area contributed by atoms with Crippen molar-refractivity contribution in [2.24, 2.45) is 0 Å². The van der Waals surface area contributed by atoms with Gasteiger partial charge in [-0.25, -0.2) is 0 Å². The highest BCUT2D eigenvalue weighted by Gasteiger charge is 2.17. The fraction of sp³-hybridized carbons (Fsp3) is 0.588. The quantitative estimate of drug-likeness (QED) is 0.749. The number of ether oxygens (including phenoxy) is 2. The second kappa shape index (κ2) is 8.15. The molecule has 1 N–H and O–H groups in total. The lowest BCUT2D eigenvalue weighted by molar-refractivity contribution is 0.0113. The fourth-order valence-electron chi connectivity index (χ4n) is 2.40. The highest BCUT2D eigenvalue weighted by molar-refractivity contribution is 5.98. The molecule has 1 aliphatic rings. The Labute approximate surface area is 126 Å². The Morgan fingerprint density at radius 2 is 2.14 bits per heavy atom. The molecule has 0 amide bonds. The molecule has 1 atom stereocenters. The number of Topliss-reactive ketones (excluding diaryl/α,β-unsaturated/α-hetero) is 1. The third-order valence-corrected chi connectivity index (χ3v) is 3.63. The summed E-state index contributed by atoms with van der Waals surface area (Å²) in [6, 6.07) is 5.61. The number of aryl methyl sites for hydroxylation is 1. The lowest BCUT2D eigenvalue weighted by Gasteiger charge is -2.17. The maximum atomic E-state index is 11.9. The van der Waals surface area contributed by atoms with Crippen LogP contribution in [0.25, 0.3) is 0 Å². The monoisotopic (exact) mass is 292 g/mol. The molecule has 116 valence electrons. The molecule has 0 aromatic heterocycles. The lowest BCUT2D eigenvalue weighted by atomic mass is 9.90. The van der Waals surface area contributed by atoms with Crippen LogP contribution >= 0.6 is 0 Å². The molecule has 1 aliphatic carbocycles. The summed E-state index contributed by atoms with van der Waals surface area (Å²) in [7, 11) is 0. The van der Waals surface area contributed by atoms with E-state index in [9.17, 15) is 9.90 Å². The molecule has 1 unspecified atom stereocenters. The van der Waals surface area contributed by atoms with Gasteiger partial charge in [-0.2, -0.15) is 0 Å². The highest BCUT2D eigenvalue weighted by Crippen LogP contribution is 2.25. The van der Waals surface area contributed by atoms with Gasteiger partial charge in [0.05, 0.1) is 6.61 Å². The van der Waals surface area contributed by atoms with Crippen molar-refractivity contribution < 1.29 is 19.4 Å². The van der Waals surface area contributed by atoms with E-state index in [1.165, 1.54) is 0 Å². The van der Waals surface area contributed by atoms with Crippen molar-refractivity contribution in [1.29, 1.82) is 0 Å². The van der Waals surface area contributed by atoms with Crippen LogP contribution < -0.4 is 4.74 Å². The van der Waals surface area contributed by atoms with Crippen LogP contribution in [0.1, 0.15) is 48.5 Å². The Kier molecular flexibility index (Phi) is 6.21. The van der Waals surface area contributed by atoms with E-state index in [2.05, 4.69) is 6.92 Å². The van der Waals surface area contributed by atoms with E-state index in [4.69, 9.17) is 9.47 Å². The van der Waals surface area contributed by atoms with Gasteiger partial charge in [0.1, 0.15) is 18.5 Å². The summed E-state index contributed by atoms with van der Waals surface area (Å²) in [4.78, 5) is 11.9. The molecular weight excluding hydrogens is 268 g/mol. The van der Waals surface area contributed by atoms with E-state index in [0.717, 1.165) is 36.8 Å². The van der Waals surface area contributed by atoms with E-state index in [0.29, 0.717) is 18.8 Å². The second-order valence-electron chi connectivity index (χ2n) is 5.49. The summed E-state index contributed by atoms with van der Waals surface area (Å²) in [5.41, 5.74) is 1.87. The van der Waals surface area contributed by atoms with Gasteiger partial charge < -0.3 is 14.6 Å². The molecular formula is C17H24O4. The Morgan fingerprint density at radius 1 is 1.29 bits per heavy atom. The molecule has 0 spiro atoms. The summed E-state index contributed by atoms with van der Waals surface area (Å²) >= 11 is 0.